The second-order valence-electron chi connectivity index (χ2n) is 4.90. The minimum atomic E-state index is -0.178. The van der Waals surface area contributed by atoms with Gasteiger partial charge in [0.15, 0.2) is 0 Å². The maximum atomic E-state index is 8.66. The minimum Gasteiger partial charge on any atom is -0.379 e. The highest BCUT2D eigenvalue weighted by atomic mass is 16.5. The van der Waals surface area contributed by atoms with E-state index in [4.69, 9.17) is 15.7 Å². The Kier molecular flexibility index (Phi) is 4.12. The molecule has 3 heteroatoms. The summed E-state index contributed by atoms with van der Waals surface area (Å²) in [6.07, 6.45) is 4.78. The Morgan fingerprint density at radius 2 is 2.00 bits per heavy atom. The monoisotopic (exact) mass is 210 g/mol. The molecule has 1 aliphatic carbocycles. The van der Waals surface area contributed by atoms with Crippen molar-refractivity contribution in [2.45, 2.75) is 51.5 Å². The van der Waals surface area contributed by atoms with Crippen molar-refractivity contribution in [2.24, 2.45) is 11.1 Å². The lowest BCUT2D eigenvalue weighted by Crippen LogP contribution is -2.43. The van der Waals surface area contributed by atoms with Gasteiger partial charge in [0, 0.05) is 17.4 Å². The molecule has 0 aromatic rings. The summed E-state index contributed by atoms with van der Waals surface area (Å²) in [5.74, 6) is 0. The van der Waals surface area contributed by atoms with Gasteiger partial charge in [-0.15, -0.1) is 0 Å². The second kappa shape index (κ2) is 4.96. The average molecular weight is 210 g/mol. The predicted octanol–water partition coefficient (Wildman–Crippen LogP) is 2.21. The molecular weight excluding hydrogens is 188 g/mol. The molecule has 0 unspecified atom stereocenters. The smallest absolute Gasteiger partial charge is 0.0646 e. The Morgan fingerprint density at radius 3 is 2.40 bits per heavy atom. The Bertz CT molecular complexity index is 236. The first kappa shape index (κ1) is 12.5. The maximum absolute atomic E-state index is 8.66. The van der Waals surface area contributed by atoms with Crippen molar-refractivity contribution < 1.29 is 4.74 Å². The topological polar surface area (TPSA) is 59.0 Å². The summed E-state index contributed by atoms with van der Waals surface area (Å²) in [4.78, 5) is 0. The van der Waals surface area contributed by atoms with Gasteiger partial charge in [-0.1, -0.05) is 13.8 Å². The average Bonchev–Trinajstić information content (AvgIpc) is 2.99. The van der Waals surface area contributed by atoms with Crippen LogP contribution in [-0.4, -0.2) is 18.8 Å². The van der Waals surface area contributed by atoms with Gasteiger partial charge in [-0.25, -0.2) is 0 Å². The third kappa shape index (κ3) is 3.48. The van der Waals surface area contributed by atoms with E-state index in [-0.39, 0.29) is 11.0 Å². The normalized spacial score (nSPS) is 18.5. The summed E-state index contributed by atoms with van der Waals surface area (Å²) in [7, 11) is 0. The highest BCUT2D eigenvalue weighted by molar-refractivity contribution is 4.99. The first-order valence-corrected chi connectivity index (χ1v) is 5.83. The molecule has 1 fully saturated rings. The third-order valence-corrected chi connectivity index (χ3v) is 3.62. The minimum absolute atomic E-state index is 0.178. The van der Waals surface area contributed by atoms with Gasteiger partial charge < -0.3 is 10.5 Å². The molecule has 0 atom stereocenters. The molecule has 0 radical (unpaired) electrons. The molecule has 0 spiro atoms. The van der Waals surface area contributed by atoms with Crippen LogP contribution in [0.3, 0.4) is 0 Å². The lowest BCUT2D eigenvalue weighted by atomic mass is 9.95. The van der Waals surface area contributed by atoms with Crippen molar-refractivity contribution in [2.75, 3.05) is 13.2 Å². The summed E-state index contributed by atoms with van der Waals surface area (Å²) >= 11 is 0. The third-order valence-electron chi connectivity index (χ3n) is 3.62. The molecular formula is C12H22N2O. The van der Waals surface area contributed by atoms with E-state index in [1.165, 1.54) is 0 Å². The lowest BCUT2D eigenvalue weighted by molar-refractivity contribution is 0.0505. The van der Waals surface area contributed by atoms with E-state index in [0.29, 0.717) is 19.6 Å². The molecule has 0 bridgehead atoms. The zero-order valence-electron chi connectivity index (χ0n) is 9.88. The fraction of sp³-hybridized carbons (Fsp3) is 0.917. The molecule has 0 aliphatic heterocycles. The predicted molar refractivity (Wildman–Crippen MR) is 60.2 cm³/mol. The van der Waals surface area contributed by atoms with Crippen molar-refractivity contribution >= 4 is 0 Å². The number of rotatable bonds is 7. The summed E-state index contributed by atoms with van der Waals surface area (Å²) in [5.41, 5.74) is 6.13. The van der Waals surface area contributed by atoms with Crippen LogP contribution in [0, 0.1) is 16.7 Å². The summed E-state index contributed by atoms with van der Waals surface area (Å²) in [6, 6.07) is 2.23. The maximum Gasteiger partial charge on any atom is 0.0646 e. The lowest BCUT2D eigenvalue weighted by Gasteiger charge is -2.27. The number of ether oxygens (including phenoxy) is 1. The Hall–Kier alpha value is -0.590. The van der Waals surface area contributed by atoms with Crippen molar-refractivity contribution in [1.82, 2.24) is 0 Å². The van der Waals surface area contributed by atoms with Crippen molar-refractivity contribution in [1.29, 1.82) is 5.26 Å². The quantitative estimate of drug-likeness (QED) is 0.701. The van der Waals surface area contributed by atoms with E-state index in [0.717, 1.165) is 25.7 Å². The SMILES string of the molecule is CCC(N)(CC)COCC1(CC#N)CC1. The van der Waals surface area contributed by atoms with Gasteiger partial charge in [-0.05, 0) is 25.7 Å². The van der Waals surface area contributed by atoms with Crippen molar-refractivity contribution in [3.63, 3.8) is 0 Å². The molecule has 0 amide bonds. The van der Waals surface area contributed by atoms with E-state index in [1.807, 2.05) is 0 Å². The van der Waals surface area contributed by atoms with Gasteiger partial charge in [-0.2, -0.15) is 5.26 Å². The van der Waals surface area contributed by atoms with Gasteiger partial charge in [0.25, 0.3) is 0 Å². The van der Waals surface area contributed by atoms with Crippen LogP contribution in [0.25, 0.3) is 0 Å². The van der Waals surface area contributed by atoms with Gasteiger partial charge in [0.05, 0.1) is 19.3 Å². The number of nitrogens with zero attached hydrogens (tertiary/aromatic N) is 1. The zero-order chi connectivity index (χ0) is 11.4. The van der Waals surface area contributed by atoms with Gasteiger partial charge in [0.2, 0.25) is 0 Å². The van der Waals surface area contributed by atoms with Crippen LogP contribution in [-0.2, 0) is 4.74 Å². The van der Waals surface area contributed by atoms with E-state index in [2.05, 4.69) is 19.9 Å². The van der Waals surface area contributed by atoms with E-state index in [1.54, 1.807) is 0 Å². The Balaban J connectivity index is 2.24. The summed E-state index contributed by atoms with van der Waals surface area (Å²) in [5, 5.41) is 8.66. The van der Waals surface area contributed by atoms with Crippen LogP contribution in [0.4, 0.5) is 0 Å². The van der Waals surface area contributed by atoms with Gasteiger partial charge in [-0.3, -0.25) is 0 Å². The molecule has 0 heterocycles. The highest BCUT2D eigenvalue weighted by Gasteiger charge is 2.43. The van der Waals surface area contributed by atoms with Crippen LogP contribution in [0.5, 0.6) is 0 Å². The molecule has 0 aromatic carbocycles. The first-order valence-electron chi connectivity index (χ1n) is 5.83. The molecule has 1 saturated carbocycles. The van der Waals surface area contributed by atoms with Crippen molar-refractivity contribution in [3.05, 3.63) is 0 Å². The highest BCUT2D eigenvalue weighted by Crippen LogP contribution is 2.48. The largest absolute Gasteiger partial charge is 0.379 e. The van der Waals surface area contributed by atoms with Crippen LogP contribution >= 0.6 is 0 Å². The van der Waals surface area contributed by atoms with Gasteiger partial charge in [0.1, 0.15) is 0 Å². The Labute approximate surface area is 92.6 Å². The number of nitriles is 1. The van der Waals surface area contributed by atoms with Crippen LogP contribution < -0.4 is 5.73 Å². The van der Waals surface area contributed by atoms with E-state index >= 15 is 0 Å². The standard InChI is InChI=1S/C12H22N2O/c1-3-12(14,4-2)10-15-9-11(5-6-11)7-8-13/h3-7,9-10,14H2,1-2H3. The van der Waals surface area contributed by atoms with Gasteiger partial charge >= 0.3 is 0 Å². The van der Waals surface area contributed by atoms with Crippen LogP contribution in [0.15, 0.2) is 0 Å². The molecule has 1 aliphatic rings. The van der Waals surface area contributed by atoms with Crippen molar-refractivity contribution in [3.8, 4) is 6.07 Å². The molecule has 2 N–H and O–H groups in total. The zero-order valence-corrected chi connectivity index (χ0v) is 9.88. The molecule has 86 valence electrons. The molecule has 0 aromatic heterocycles. The summed E-state index contributed by atoms with van der Waals surface area (Å²) < 4.78 is 5.68. The van der Waals surface area contributed by atoms with Crippen LogP contribution in [0.1, 0.15) is 46.0 Å². The molecule has 1 rings (SSSR count). The summed E-state index contributed by atoms with van der Waals surface area (Å²) in [6.45, 7) is 5.51. The fourth-order valence-corrected chi connectivity index (χ4v) is 1.64. The molecule has 3 nitrogen and oxygen atoms in total. The van der Waals surface area contributed by atoms with E-state index < -0.39 is 0 Å². The number of hydrogen-bond donors (Lipinski definition) is 1. The first-order chi connectivity index (χ1) is 7.10. The Morgan fingerprint density at radius 1 is 1.40 bits per heavy atom. The fourth-order valence-electron chi connectivity index (χ4n) is 1.64. The van der Waals surface area contributed by atoms with E-state index in [9.17, 15) is 0 Å². The molecule has 0 saturated heterocycles. The number of nitrogens with two attached hydrogens (primary N) is 1. The van der Waals surface area contributed by atoms with Crippen LogP contribution in [0.2, 0.25) is 0 Å². The number of hydrogen-bond acceptors (Lipinski definition) is 3. The molecule has 15 heavy (non-hydrogen) atoms. The second-order valence-corrected chi connectivity index (χ2v) is 4.90.